The second-order valence-electron chi connectivity index (χ2n) is 6.79. The van der Waals surface area contributed by atoms with E-state index in [4.69, 9.17) is 4.74 Å². The fourth-order valence-corrected chi connectivity index (χ4v) is 5.28. The Morgan fingerprint density at radius 1 is 1.25 bits per heavy atom. The highest BCUT2D eigenvalue weighted by atomic mass is 32.1. The maximum atomic E-state index is 12.7. The summed E-state index contributed by atoms with van der Waals surface area (Å²) in [5.74, 6) is -0.0515. The minimum absolute atomic E-state index is 0.0428. The normalized spacial score (nSPS) is 16.1. The summed E-state index contributed by atoms with van der Waals surface area (Å²) in [4.78, 5) is 21.5. The molecule has 0 bridgehead atoms. The van der Waals surface area contributed by atoms with Gasteiger partial charge >= 0.3 is 0 Å². The fourth-order valence-electron chi connectivity index (χ4n) is 3.57. The average molecular weight is 414 g/mol. The molecule has 0 aromatic carbocycles. The SMILES string of the molecule is Cc1sc(NC(=O)c2cccs2)c(C(c2cccnc2)N2CCOCC2)c1C. The van der Waals surface area contributed by atoms with Crippen LogP contribution in [-0.2, 0) is 4.74 Å². The Morgan fingerprint density at radius 3 is 2.75 bits per heavy atom. The lowest BCUT2D eigenvalue weighted by atomic mass is 9.95. The van der Waals surface area contributed by atoms with E-state index in [0.29, 0.717) is 0 Å². The molecule has 1 atom stereocenters. The van der Waals surface area contributed by atoms with Crippen LogP contribution in [0.3, 0.4) is 0 Å². The summed E-state index contributed by atoms with van der Waals surface area (Å²) in [6.07, 6.45) is 3.72. The number of morpholine rings is 1. The molecule has 4 rings (SSSR count). The zero-order valence-electron chi connectivity index (χ0n) is 16.0. The summed E-state index contributed by atoms with van der Waals surface area (Å²) in [7, 11) is 0. The average Bonchev–Trinajstić information content (AvgIpc) is 3.35. The maximum absolute atomic E-state index is 12.7. The van der Waals surface area contributed by atoms with Crippen LogP contribution in [0, 0.1) is 13.8 Å². The molecular weight excluding hydrogens is 390 g/mol. The lowest BCUT2D eigenvalue weighted by molar-refractivity contribution is 0.0239. The van der Waals surface area contributed by atoms with Gasteiger partial charge in [-0.1, -0.05) is 12.1 Å². The molecule has 1 amide bonds. The minimum Gasteiger partial charge on any atom is -0.379 e. The lowest BCUT2D eigenvalue weighted by Gasteiger charge is -2.35. The minimum atomic E-state index is -0.0515. The number of hydrogen-bond acceptors (Lipinski definition) is 6. The monoisotopic (exact) mass is 413 g/mol. The Hall–Kier alpha value is -2.06. The Balaban J connectivity index is 1.76. The van der Waals surface area contributed by atoms with E-state index in [-0.39, 0.29) is 11.9 Å². The molecule has 0 aliphatic carbocycles. The van der Waals surface area contributed by atoms with Crippen molar-refractivity contribution < 1.29 is 9.53 Å². The van der Waals surface area contributed by atoms with E-state index in [1.54, 1.807) is 17.5 Å². The van der Waals surface area contributed by atoms with Gasteiger partial charge in [-0.15, -0.1) is 22.7 Å². The van der Waals surface area contributed by atoms with Crippen molar-refractivity contribution in [1.82, 2.24) is 9.88 Å². The summed E-state index contributed by atoms with van der Waals surface area (Å²) >= 11 is 3.10. The van der Waals surface area contributed by atoms with Crippen molar-refractivity contribution in [3.05, 3.63) is 68.5 Å². The number of carbonyl (C=O) groups is 1. The smallest absolute Gasteiger partial charge is 0.266 e. The Morgan fingerprint density at radius 2 is 2.07 bits per heavy atom. The molecule has 1 N–H and O–H groups in total. The van der Waals surface area contributed by atoms with Gasteiger partial charge in [-0.2, -0.15) is 0 Å². The Labute approximate surface area is 173 Å². The number of thiophene rings is 2. The molecule has 1 aliphatic rings. The molecule has 3 aromatic heterocycles. The van der Waals surface area contributed by atoms with Gasteiger partial charge in [-0.05, 0) is 42.5 Å². The van der Waals surface area contributed by atoms with Crippen LogP contribution in [0.5, 0.6) is 0 Å². The zero-order valence-corrected chi connectivity index (χ0v) is 17.6. The van der Waals surface area contributed by atoms with Gasteiger partial charge in [0.2, 0.25) is 0 Å². The Kier molecular flexibility index (Phi) is 5.87. The van der Waals surface area contributed by atoms with Gasteiger partial charge in [0.05, 0.1) is 24.1 Å². The molecule has 7 heteroatoms. The van der Waals surface area contributed by atoms with Crippen molar-refractivity contribution in [2.75, 3.05) is 31.6 Å². The summed E-state index contributed by atoms with van der Waals surface area (Å²) in [6, 6.07) is 7.89. The van der Waals surface area contributed by atoms with Gasteiger partial charge in [0.25, 0.3) is 5.91 Å². The van der Waals surface area contributed by atoms with Crippen molar-refractivity contribution in [2.24, 2.45) is 0 Å². The summed E-state index contributed by atoms with van der Waals surface area (Å²) in [5, 5.41) is 6.02. The van der Waals surface area contributed by atoms with Crippen molar-refractivity contribution >= 4 is 33.6 Å². The van der Waals surface area contributed by atoms with Crippen molar-refractivity contribution in [3.63, 3.8) is 0 Å². The number of pyridine rings is 1. The molecule has 1 aliphatic heterocycles. The van der Waals surface area contributed by atoms with Gasteiger partial charge in [0, 0.05) is 35.9 Å². The number of hydrogen-bond donors (Lipinski definition) is 1. The van der Waals surface area contributed by atoms with Gasteiger partial charge in [0.15, 0.2) is 0 Å². The van der Waals surface area contributed by atoms with Gasteiger partial charge in [-0.25, -0.2) is 0 Å². The number of rotatable bonds is 5. The van der Waals surface area contributed by atoms with E-state index < -0.39 is 0 Å². The molecule has 1 unspecified atom stereocenters. The molecular formula is C21H23N3O2S2. The number of amides is 1. The molecule has 1 fully saturated rings. The number of aryl methyl sites for hydroxylation is 1. The standard InChI is InChI=1S/C21H23N3O2S2/c1-14-15(2)28-21(23-20(25)17-6-4-12-27-17)18(14)19(16-5-3-7-22-13-16)24-8-10-26-11-9-24/h3-7,12-13,19H,8-11H2,1-2H3,(H,23,25). The van der Waals surface area contributed by atoms with E-state index in [2.05, 4.69) is 35.1 Å². The van der Waals surface area contributed by atoms with E-state index in [9.17, 15) is 4.79 Å². The molecule has 5 nitrogen and oxygen atoms in total. The third-order valence-corrected chi connectivity index (χ3v) is 7.10. The van der Waals surface area contributed by atoms with Crippen LogP contribution >= 0.6 is 22.7 Å². The van der Waals surface area contributed by atoms with Gasteiger partial charge in [-0.3, -0.25) is 14.7 Å². The molecule has 0 spiro atoms. The van der Waals surface area contributed by atoms with Crippen LogP contribution < -0.4 is 5.32 Å². The fraction of sp³-hybridized carbons (Fsp3) is 0.333. The van der Waals surface area contributed by atoms with Crippen LogP contribution in [-0.4, -0.2) is 42.1 Å². The highest BCUT2D eigenvalue weighted by Crippen LogP contribution is 2.42. The second-order valence-corrected chi connectivity index (χ2v) is 8.97. The number of nitrogens with one attached hydrogen (secondary N) is 1. The molecule has 146 valence electrons. The highest BCUT2D eigenvalue weighted by Gasteiger charge is 2.30. The van der Waals surface area contributed by atoms with Crippen molar-refractivity contribution in [3.8, 4) is 0 Å². The van der Waals surface area contributed by atoms with E-state index in [1.807, 2.05) is 29.8 Å². The first-order valence-electron chi connectivity index (χ1n) is 9.31. The molecule has 3 aromatic rings. The van der Waals surface area contributed by atoms with Gasteiger partial charge < -0.3 is 10.1 Å². The largest absolute Gasteiger partial charge is 0.379 e. The van der Waals surface area contributed by atoms with E-state index in [1.165, 1.54) is 27.3 Å². The van der Waals surface area contributed by atoms with Crippen LogP contribution in [0.4, 0.5) is 5.00 Å². The third kappa shape index (κ3) is 3.89. The topological polar surface area (TPSA) is 54.5 Å². The van der Waals surface area contributed by atoms with Crippen LogP contribution in [0.15, 0.2) is 42.0 Å². The molecule has 28 heavy (non-hydrogen) atoms. The van der Waals surface area contributed by atoms with Crippen LogP contribution in [0.25, 0.3) is 0 Å². The number of carbonyl (C=O) groups excluding carboxylic acids is 1. The first kappa shape index (κ1) is 19.3. The molecule has 0 radical (unpaired) electrons. The summed E-state index contributed by atoms with van der Waals surface area (Å²) < 4.78 is 5.58. The lowest BCUT2D eigenvalue weighted by Crippen LogP contribution is -2.40. The maximum Gasteiger partial charge on any atom is 0.266 e. The summed E-state index contributed by atoms with van der Waals surface area (Å²) in [5.41, 5.74) is 3.53. The number of ether oxygens (including phenoxy) is 1. The predicted octanol–water partition coefficient (Wildman–Crippen LogP) is 4.50. The van der Waals surface area contributed by atoms with E-state index >= 15 is 0 Å². The number of nitrogens with zero attached hydrogens (tertiary/aromatic N) is 2. The zero-order chi connectivity index (χ0) is 19.5. The number of aromatic nitrogens is 1. The molecule has 1 saturated heterocycles. The Bertz CT molecular complexity index is 932. The van der Waals surface area contributed by atoms with Gasteiger partial charge in [0.1, 0.15) is 5.00 Å². The molecule has 4 heterocycles. The first-order chi connectivity index (χ1) is 13.6. The predicted molar refractivity (Wildman–Crippen MR) is 115 cm³/mol. The summed E-state index contributed by atoms with van der Waals surface area (Å²) in [6.45, 7) is 7.40. The highest BCUT2D eigenvalue weighted by molar-refractivity contribution is 7.17. The first-order valence-corrected chi connectivity index (χ1v) is 11.0. The molecule has 0 saturated carbocycles. The second kappa shape index (κ2) is 8.53. The quantitative estimate of drug-likeness (QED) is 0.669. The number of anilines is 1. The van der Waals surface area contributed by atoms with Crippen LogP contribution in [0.1, 0.15) is 37.3 Å². The van der Waals surface area contributed by atoms with E-state index in [0.717, 1.165) is 41.7 Å². The van der Waals surface area contributed by atoms with Crippen molar-refractivity contribution in [2.45, 2.75) is 19.9 Å². The van der Waals surface area contributed by atoms with Crippen LogP contribution in [0.2, 0.25) is 0 Å². The van der Waals surface area contributed by atoms with Crippen molar-refractivity contribution in [1.29, 1.82) is 0 Å². The third-order valence-electron chi connectivity index (χ3n) is 5.09.